The molecule has 0 radical (unpaired) electrons. The van der Waals surface area contributed by atoms with Crippen LogP contribution in [-0.2, 0) is 13.6 Å². The number of amides is 1. The lowest BCUT2D eigenvalue weighted by atomic mass is 9.80. The largest absolute Gasteiger partial charge is 0.496 e. The SMILES string of the molecule is COc1ccccc1C(=O)N1CCN(Cc2nnc(C3CC(N)C3)n2C)CC1. The van der Waals surface area contributed by atoms with Crippen LogP contribution in [0.25, 0.3) is 0 Å². The Kier molecular flexibility index (Phi) is 5.32. The van der Waals surface area contributed by atoms with Crippen molar-refractivity contribution >= 4 is 5.91 Å². The fourth-order valence-electron chi connectivity index (χ4n) is 4.04. The second kappa shape index (κ2) is 7.89. The Bertz CT molecular complexity index is 837. The fraction of sp³-hybridized carbons (Fsp3) is 0.550. The Morgan fingerprint density at radius 2 is 1.89 bits per heavy atom. The highest BCUT2D eigenvalue weighted by Crippen LogP contribution is 2.34. The van der Waals surface area contributed by atoms with Crippen molar-refractivity contribution in [3.05, 3.63) is 41.5 Å². The predicted octanol–water partition coefficient (Wildman–Crippen LogP) is 0.986. The van der Waals surface area contributed by atoms with Crippen LogP contribution in [0.5, 0.6) is 5.75 Å². The Hall–Kier alpha value is -2.45. The highest BCUT2D eigenvalue weighted by Gasteiger charge is 2.32. The first-order chi connectivity index (χ1) is 13.6. The standard InChI is InChI=1S/C20H28N6O2/c1-24-18(22-23-19(24)14-11-15(21)12-14)13-25-7-9-26(10-8-25)20(27)16-5-3-4-6-17(16)28-2/h3-6,14-15H,7-13,21H2,1-2H3. The van der Waals surface area contributed by atoms with Crippen LogP contribution in [0.15, 0.2) is 24.3 Å². The van der Waals surface area contributed by atoms with Crippen LogP contribution in [-0.4, -0.2) is 69.8 Å². The highest BCUT2D eigenvalue weighted by molar-refractivity contribution is 5.97. The molecule has 2 fully saturated rings. The summed E-state index contributed by atoms with van der Waals surface area (Å²) in [5.74, 6) is 3.11. The number of ether oxygens (including phenoxy) is 1. The maximum atomic E-state index is 12.8. The monoisotopic (exact) mass is 384 g/mol. The molecule has 2 heterocycles. The quantitative estimate of drug-likeness (QED) is 0.827. The third kappa shape index (κ3) is 3.62. The minimum Gasteiger partial charge on any atom is -0.496 e. The van der Waals surface area contributed by atoms with Crippen LogP contribution in [0.1, 0.15) is 40.8 Å². The van der Waals surface area contributed by atoms with Crippen LogP contribution in [0.4, 0.5) is 0 Å². The molecular weight excluding hydrogens is 356 g/mol. The van der Waals surface area contributed by atoms with Crippen molar-refractivity contribution < 1.29 is 9.53 Å². The van der Waals surface area contributed by atoms with Crippen molar-refractivity contribution in [1.29, 1.82) is 0 Å². The zero-order valence-corrected chi connectivity index (χ0v) is 16.5. The Labute approximate surface area is 165 Å². The summed E-state index contributed by atoms with van der Waals surface area (Å²) < 4.78 is 7.44. The first kappa shape index (κ1) is 18.9. The summed E-state index contributed by atoms with van der Waals surface area (Å²) >= 11 is 0. The molecular formula is C20H28N6O2. The van der Waals surface area contributed by atoms with Gasteiger partial charge in [-0.2, -0.15) is 0 Å². The summed E-state index contributed by atoms with van der Waals surface area (Å²) in [5.41, 5.74) is 6.52. The maximum absolute atomic E-state index is 12.8. The van der Waals surface area contributed by atoms with Gasteiger partial charge in [0.15, 0.2) is 0 Å². The molecule has 1 amide bonds. The average Bonchev–Trinajstić information content (AvgIpc) is 3.05. The second-order valence-corrected chi connectivity index (χ2v) is 7.73. The lowest BCUT2D eigenvalue weighted by molar-refractivity contribution is 0.0621. The van der Waals surface area contributed by atoms with E-state index in [2.05, 4.69) is 19.7 Å². The number of benzene rings is 1. The van der Waals surface area contributed by atoms with Crippen LogP contribution in [0.2, 0.25) is 0 Å². The molecule has 0 atom stereocenters. The minimum atomic E-state index is 0.0272. The number of hydrogen-bond donors (Lipinski definition) is 1. The predicted molar refractivity (Wildman–Crippen MR) is 105 cm³/mol. The highest BCUT2D eigenvalue weighted by atomic mass is 16.5. The smallest absolute Gasteiger partial charge is 0.257 e. The molecule has 1 aliphatic carbocycles. The summed E-state index contributed by atoms with van der Waals surface area (Å²) in [4.78, 5) is 17.1. The van der Waals surface area contributed by atoms with E-state index in [0.29, 0.717) is 36.4 Å². The molecule has 150 valence electrons. The molecule has 1 saturated carbocycles. The first-order valence-corrected chi connectivity index (χ1v) is 9.85. The number of rotatable bonds is 5. The van der Waals surface area contributed by atoms with Gasteiger partial charge in [0.1, 0.15) is 17.4 Å². The summed E-state index contributed by atoms with van der Waals surface area (Å²) in [7, 11) is 3.63. The van der Waals surface area contributed by atoms with E-state index in [-0.39, 0.29) is 5.91 Å². The summed E-state index contributed by atoms with van der Waals surface area (Å²) in [5, 5.41) is 8.79. The lowest BCUT2D eigenvalue weighted by Gasteiger charge is -2.35. The van der Waals surface area contributed by atoms with Crippen molar-refractivity contribution in [1.82, 2.24) is 24.6 Å². The number of piperazine rings is 1. The summed E-state index contributed by atoms with van der Waals surface area (Å²) in [6.45, 7) is 3.77. The molecule has 1 aliphatic heterocycles. The number of nitrogens with zero attached hydrogens (tertiary/aromatic N) is 5. The number of carbonyl (C=O) groups excluding carboxylic acids is 1. The Morgan fingerprint density at radius 3 is 2.57 bits per heavy atom. The van der Waals surface area contributed by atoms with Gasteiger partial charge in [0.25, 0.3) is 5.91 Å². The van der Waals surface area contributed by atoms with E-state index in [1.165, 1.54) is 0 Å². The van der Waals surface area contributed by atoms with Crippen LogP contribution >= 0.6 is 0 Å². The van der Waals surface area contributed by atoms with Crippen LogP contribution in [0, 0.1) is 0 Å². The zero-order chi connectivity index (χ0) is 19.7. The Balaban J connectivity index is 1.34. The van der Waals surface area contributed by atoms with Crippen LogP contribution < -0.4 is 10.5 Å². The van der Waals surface area contributed by atoms with Crippen molar-refractivity contribution in [2.24, 2.45) is 12.8 Å². The normalized spacial score (nSPS) is 22.8. The van der Waals surface area contributed by atoms with Gasteiger partial charge in [0.05, 0.1) is 19.2 Å². The number of hydrogen-bond acceptors (Lipinski definition) is 6. The van der Waals surface area contributed by atoms with Gasteiger partial charge in [-0.05, 0) is 25.0 Å². The first-order valence-electron chi connectivity index (χ1n) is 9.85. The average molecular weight is 384 g/mol. The van der Waals surface area contributed by atoms with E-state index in [1.807, 2.05) is 36.2 Å². The van der Waals surface area contributed by atoms with Crippen molar-refractivity contribution in [3.63, 3.8) is 0 Å². The van der Waals surface area contributed by atoms with Gasteiger partial charge in [-0.15, -0.1) is 10.2 Å². The molecule has 1 saturated heterocycles. The molecule has 0 spiro atoms. The van der Waals surface area contributed by atoms with Crippen molar-refractivity contribution in [3.8, 4) is 5.75 Å². The van der Waals surface area contributed by atoms with Crippen molar-refractivity contribution in [2.75, 3.05) is 33.3 Å². The van der Waals surface area contributed by atoms with Gasteiger partial charge in [-0.3, -0.25) is 9.69 Å². The molecule has 1 aromatic heterocycles. The van der Waals surface area contributed by atoms with E-state index in [1.54, 1.807) is 7.11 Å². The topological polar surface area (TPSA) is 89.5 Å². The minimum absolute atomic E-state index is 0.0272. The van der Waals surface area contributed by atoms with Gasteiger partial charge in [-0.25, -0.2) is 0 Å². The molecule has 8 heteroatoms. The number of aromatic nitrogens is 3. The fourth-order valence-corrected chi connectivity index (χ4v) is 4.04. The maximum Gasteiger partial charge on any atom is 0.257 e. The molecule has 0 unspecified atom stereocenters. The summed E-state index contributed by atoms with van der Waals surface area (Å²) in [6.07, 6.45) is 1.99. The summed E-state index contributed by atoms with van der Waals surface area (Å²) in [6, 6.07) is 7.69. The van der Waals surface area contributed by atoms with Crippen molar-refractivity contribution in [2.45, 2.75) is 31.3 Å². The van der Waals surface area contributed by atoms with E-state index >= 15 is 0 Å². The zero-order valence-electron chi connectivity index (χ0n) is 16.5. The van der Waals surface area contributed by atoms with Gasteiger partial charge in [0.2, 0.25) is 0 Å². The number of carbonyl (C=O) groups is 1. The molecule has 2 N–H and O–H groups in total. The molecule has 0 bridgehead atoms. The third-order valence-electron chi connectivity index (χ3n) is 5.90. The van der Waals surface area contributed by atoms with E-state index in [0.717, 1.165) is 44.1 Å². The molecule has 4 rings (SSSR count). The molecule has 2 aromatic rings. The molecule has 1 aromatic carbocycles. The van der Waals surface area contributed by atoms with Gasteiger partial charge >= 0.3 is 0 Å². The second-order valence-electron chi connectivity index (χ2n) is 7.73. The van der Waals surface area contributed by atoms with Gasteiger partial charge in [0, 0.05) is 45.2 Å². The van der Waals surface area contributed by atoms with E-state index in [9.17, 15) is 4.79 Å². The van der Waals surface area contributed by atoms with Gasteiger partial charge in [-0.1, -0.05) is 12.1 Å². The number of methoxy groups -OCH3 is 1. The molecule has 2 aliphatic rings. The number of nitrogens with two attached hydrogens (primary N) is 1. The Morgan fingerprint density at radius 1 is 1.18 bits per heavy atom. The molecule has 8 nitrogen and oxygen atoms in total. The van der Waals surface area contributed by atoms with E-state index < -0.39 is 0 Å². The third-order valence-corrected chi connectivity index (χ3v) is 5.90. The lowest BCUT2D eigenvalue weighted by Crippen LogP contribution is -2.48. The van der Waals surface area contributed by atoms with Crippen LogP contribution in [0.3, 0.4) is 0 Å². The van der Waals surface area contributed by atoms with Gasteiger partial charge < -0.3 is 19.9 Å². The number of para-hydroxylation sites is 1. The molecule has 28 heavy (non-hydrogen) atoms. The van der Waals surface area contributed by atoms with E-state index in [4.69, 9.17) is 10.5 Å².